The zero-order valence-electron chi connectivity index (χ0n) is 21.0. The number of carbonyl (C=O) groups is 1. The van der Waals surface area contributed by atoms with Gasteiger partial charge in [-0.15, -0.1) is 12.6 Å². The van der Waals surface area contributed by atoms with E-state index < -0.39 is 13.3 Å². The molecule has 1 heterocycles. The largest absolute Gasteiger partial charge is 1.00 e. The summed E-state index contributed by atoms with van der Waals surface area (Å²) in [5, 5.41) is 0. The fourth-order valence-electron chi connectivity index (χ4n) is 5.35. The maximum Gasteiger partial charge on any atom is 1.00 e. The minimum absolute atomic E-state index is 0. The number of nitrogens with zero attached hydrogens (tertiary/aromatic N) is 2. The van der Waals surface area contributed by atoms with E-state index in [0.717, 1.165) is 16.8 Å². The number of benzene rings is 3. The molecular formula is C27H27BF3KN2O2S. The molecule has 0 unspecified atom stereocenters. The standard InChI is InChI=1S/C27H27BF3N2O2S.K/c1-18-19(16-28(29,30)31)14-20(36)15-26(18)32-10-12-33(13-11-32)27(34)35-17-25-23-8-4-2-6-21(23)22-7-3-5-9-24(22)25;/h2-9,14-15,25,36H,10-13,16-17H2,1H3;/q-1;+1. The molecule has 1 saturated heterocycles. The molecule has 0 radical (unpaired) electrons. The molecule has 37 heavy (non-hydrogen) atoms. The van der Waals surface area contributed by atoms with Crippen molar-refractivity contribution >= 4 is 31.4 Å². The molecule has 5 rings (SSSR count). The average molecular weight is 550 g/mol. The number of fused-ring (bicyclic) bond motifs is 3. The second-order valence-electron chi connectivity index (χ2n) is 9.44. The first-order chi connectivity index (χ1) is 17.2. The molecule has 0 bridgehead atoms. The van der Waals surface area contributed by atoms with Gasteiger partial charge < -0.3 is 27.5 Å². The number of ether oxygens (including phenoxy) is 1. The maximum atomic E-state index is 13.1. The zero-order valence-corrected chi connectivity index (χ0v) is 25.0. The Morgan fingerprint density at radius 2 is 1.54 bits per heavy atom. The number of hydrogen-bond acceptors (Lipinski definition) is 4. The third kappa shape index (κ3) is 6.26. The molecule has 0 saturated carbocycles. The van der Waals surface area contributed by atoms with Gasteiger partial charge in [0.2, 0.25) is 0 Å². The summed E-state index contributed by atoms with van der Waals surface area (Å²) in [7, 11) is 0. The van der Waals surface area contributed by atoms with Gasteiger partial charge in [0.05, 0.1) is 0 Å². The molecule has 1 amide bonds. The van der Waals surface area contributed by atoms with E-state index in [1.165, 1.54) is 17.2 Å². The Kier molecular flexibility index (Phi) is 9.08. The fraction of sp³-hybridized carbons (Fsp3) is 0.296. The van der Waals surface area contributed by atoms with Crippen LogP contribution < -0.4 is 56.3 Å². The van der Waals surface area contributed by atoms with Gasteiger partial charge in [-0.1, -0.05) is 60.4 Å². The third-order valence-electron chi connectivity index (χ3n) is 7.14. The molecule has 0 spiro atoms. The predicted molar refractivity (Wildman–Crippen MR) is 140 cm³/mol. The van der Waals surface area contributed by atoms with Crippen LogP contribution in [0.5, 0.6) is 0 Å². The SMILES string of the molecule is Cc1c(C[B-](F)(F)F)cc(S)cc1N1CCN(C(=O)OCC2c3ccccc3-c3ccccc32)CC1.[K+]. The monoisotopic (exact) mass is 550 g/mol. The van der Waals surface area contributed by atoms with Crippen molar-refractivity contribution in [3.63, 3.8) is 0 Å². The van der Waals surface area contributed by atoms with E-state index in [-0.39, 0.29) is 75.6 Å². The molecule has 188 valence electrons. The van der Waals surface area contributed by atoms with Crippen molar-refractivity contribution in [3.05, 3.63) is 82.9 Å². The Labute approximate surface area is 263 Å². The van der Waals surface area contributed by atoms with Gasteiger partial charge in [0, 0.05) is 42.7 Å². The number of piperazine rings is 1. The van der Waals surface area contributed by atoms with Crippen molar-refractivity contribution in [3.8, 4) is 11.1 Å². The van der Waals surface area contributed by atoms with Crippen LogP contribution in [0.2, 0.25) is 0 Å². The smallest absolute Gasteiger partial charge is 0.449 e. The summed E-state index contributed by atoms with van der Waals surface area (Å²) in [4.78, 5) is 17.1. The zero-order chi connectivity index (χ0) is 25.4. The van der Waals surface area contributed by atoms with Crippen LogP contribution >= 0.6 is 12.6 Å². The molecule has 1 aliphatic heterocycles. The van der Waals surface area contributed by atoms with E-state index in [1.54, 1.807) is 17.9 Å². The Hall–Kier alpha value is -1.43. The summed E-state index contributed by atoms with van der Waals surface area (Å²) in [5.74, 6) is -0.00272. The summed E-state index contributed by atoms with van der Waals surface area (Å²) in [6.45, 7) is -1.06. The number of halogens is 3. The van der Waals surface area contributed by atoms with Crippen molar-refractivity contribution < 1.29 is 73.9 Å². The van der Waals surface area contributed by atoms with Gasteiger partial charge in [0.1, 0.15) is 6.61 Å². The second-order valence-corrected chi connectivity index (χ2v) is 9.96. The first-order valence-electron chi connectivity index (χ1n) is 12.1. The first kappa shape index (κ1) is 28.6. The van der Waals surface area contributed by atoms with Gasteiger partial charge in [0.25, 0.3) is 0 Å². The molecule has 10 heteroatoms. The van der Waals surface area contributed by atoms with E-state index in [9.17, 15) is 17.7 Å². The fourth-order valence-corrected chi connectivity index (χ4v) is 5.62. The van der Waals surface area contributed by atoms with Crippen LogP contribution in [0.3, 0.4) is 0 Å². The van der Waals surface area contributed by atoms with Crippen LogP contribution in [-0.2, 0) is 11.1 Å². The molecular weight excluding hydrogens is 523 g/mol. The van der Waals surface area contributed by atoms with E-state index in [4.69, 9.17) is 4.74 Å². The molecule has 1 aliphatic carbocycles. The maximum absolute atomic E-state index is 13.1. The van der Waals surface area contributed by atoms with Crippen molar-refractivity contribution in [2.45, 2.75) is 24.1 Å². The summed E-state index contributed by atoms with van der Waals surface area (Å²) < 4.78 is 45.0. The summed E-state index contributed by atoms with van der Waals surface area (Å²) >= 11 is 4.33. The van der Waals surface area contributed by atoms with Crippen molar-refractivity contribution in [1.82, 2.24) is 4.90 Å². The van der Waals surface area contributed by atoms with Crippen LogP contribution in [0.15, 0.2) is 65.6 Å². The van der Waals surface area contributed by atoms with Gasteiger partial charge >= 0.3 is 64.5 Å². The summed E-state index contributed by atoms with van der Waals surface area (Å²) in [6.07, 6.45) is -1.29. The molecule has 0 aromatic heterocycles. The van der Waals surface area contributed by atoms with Crippen molar-refractivity contribution in [2.75, 3.05) is 37.7 Å². The quantitative estimate of drug-likeness (QED) is 0.391. The van der Waals surface area contributed by atoms with Crippen molar-refractivity contribution in [1.29, 1.82) is 0 Å². The van der Waals surface area contributed by atoms with Crippen molar-refractivity contribution in [2.24, 2.45) is 0 Å². The van der Waals surface area contributed by atoms with Crippen LogP contribution in [0.1, 0.15) is 28.2 Å². The predicted octanol–water partition coefficient (Wildman–Crippen LogP) is 3.29. The third-order valence-corrected chi connectivity index (χ3v) is 7.40. The van der Waals surface area contributed by atoms with Gasteiger partial charge in [-0.25, -0.2) is 4.79 Å². The Bertz CT molecular complexity index is 1250. The molecule has 0 atom stereocenters. The van der Waals surface area contributed by atoms with E-state index in [0.29, 0.717) is 36.6 Å². The van der Waals surface area contributed by atoms with Crippen LogP contribution in [-0.4, -0.2) is 50.8 Å². The normalized spacial score (nSPS) is 15.2. The van der Waals surface area contributed by atoms with E-state index >= 15 is 0 Å². The molecule has 3 aromatic carbocycles. The number of hydrogen-bond donors (Lipinski definition) is 1. The molecule has 4 nitrogen and oxygen atoms in total. The Balaban J connectivity index is 0.00000320. The van der Waals surface area contributed by atoms with Gasteiger partial charge in [-0.05, 0) is 46.9 Å². The summed E-state index contributed by atoms with van der Waals surface area (Å²) in [5.41, 5.74) is 6.28. The van der Waals surface area contributed by atoms with E-state index in [1.807, 2.05) is 29.2 Å². The van der Waals surface area contributed by atoms with E-state index in [2.05, 4.69) is 36.9 Å². The topological polar surface area (TPSA) is 32.8 Å². The first-order valence-corrected chi connectivity index (χ1v) is 12.5. The minimum atomic E-state index is -4.94. The Morgan fingerprint density at radius 1 is 0.973 bits per heavy atom. The molecule has 1 fully saturated rings. The Morgan fingerprint density at radius 3 is 2.11 bits per heavy atom. The number of thiol groups is 1. The average Bonchev–Trinajstić information content (AvgIpc) is 3.17. The minimum Gasteiger partial charge on any atom is -0.449 e. The second kappa shape index (κ2) is 11.8. The number of rotatable bonds is 5. The molecule has 0 N–H and O–H groups in total. The number of amides is 1. The molecule has 3 aromatic rings. The number of anilines is 1. The van der Waals surface area contributed by atoms with Crippen LogP contribution in [0.25, 0.3) is 11.1 Å². The van der Waals surface area contributed by atoms with Crippen LogP contribution in [0, 0.1) is 6.92 Å². The molecule has 2 aliphatic rings. The summed E-state index contributed by atoms with van der Waals surface area (Å²) in [6, 6.07) is 19.7. The van der Waals surface area contributed by atoms with Gasteiger partial charge in [-0.3, -0.25) is 0 Å². The van der Waals surface area contributed by atoms with Crippen LogP contribution in [0.4, 0.5) is 23.4 Å². The van der Waals surface area contributed by atoms with Gasteiger partial charge in [-0.2, -0.15) is 0 Å². The number of carbonyl (C=O) groups excluding carboxylic acids is 1. The van der Waals surface area contributed by atoms with Gasteiger partial charge in [0.15, 0.2) is 0 Å².